The van der Waals surface area contributed by atoms with Crippen molar-refractivity contribution in [1.29, 1.82) is 0 Å². The average molecular weight is 345 g/mol. The molecule has 0 bridgehead atoms. The lowest BCUT2D eigenvalue weighted by Gasteiger charge is -2.16. The van der Waals surface area contributed by atoms with E-state index in [1.165, 1.54) is 24.3 Å². The Morgan fingerprint density at radius 2 is 1.84 bits per heavy atom. The van der Waals surface area contributed by atoms with Crippen LogP contribution in [-0.2, 0) is 9.53 Å². The number of carbonyl (C=O) groups excluding carboxylic acids is 2. The van der Waals surface area contributed by atoms with E-state index in [0.29, 0.717) is 22.6 Å². The van der Waals surface area contributed by atoms with Gasteiger partial charge in [0.25, 0.3) is 5.91 Å². The number of benzene rings is 2. The first-order valence-electron chi connectivity index (χ1n) is 7.92. The molecule has 0 radical (unpaired) electrons. The van der Waals surface area contributed by atoms with E-state index in [2.05, 4.69) is 5.32 Å². The summed E-state index contributed by atoms with van der Waals surface area (Å²) < 4.78 is 23.4. The van der Waals surface area contributed by atoms with Gasteiger partial charge in [-0.15, -0.1) is 0 Å². The van der Waals surface area contributed by atoms with Crippen LogP contribution in [0.25, 0.3) is 0 Å². The summed E-state index contributed by atoms with van der Waals surface area (Å²) in [5.41, 5.74) is 1.51. The Bertz CT molecular complexity index is 759. The maximum atomic E-state index is 12.9. The lowest BCUT2D eigenvalue weighted by Crippen LogP contribution is -2.30. The minimum Gasteiger partial charge on any atom is -0.481 e. The first kappa shape index (κ1) is 18.4. The second-order valence-corrected chi connectivity index (χ2v) is 5.40. The van der Waals surface area contributed by atoms with Gasteiger partial charge >= 0.3 is 5.97 Å². The van der Waals surface area contributed by atoms with Crippen LogP contribution in [0.4, 0.5) is 10.1 Å². The third-order valence-electron chi connectivity index (χ3n) is 3.58. The predicted molar refractivity (Wildman–Crippen MR) is 92.3 cm³/mol. The van der Waals surface area contributed by atoms with E-state index >= 15 is 0 Å². The molecule has 0 heterocycles. The topological polar surface area (TPSA) is 64.6 Å². The van der Waals surface area contributed by atoms with E-state index in [-0.39, 0.29) is 18.3 Å². The second kappa shape index (κ2) is 8.28. The summed E-state index contributed by atoms with van der Waals surface area (Å²) in [5.74, 6) is -0.808. The predicted octanol–water partition coefficient (Wildman–Crippen LogP) is 3.72. The molecule has 1 atom stereocenters. The summed E-state index contributed by atoms with van der Waals surface area (Å²) in [6.07, 6.45) is -0.795. The number of ether oxygens (including phenoxy) is 2. The largest absolute Gasteiger partial charge is 0.481 e. The van der Waals surface area contributed by atoms with Crippen molar-refractivity contribution in [2.45, 2.75) is 26.9 Å². The number of hydrogen-bond acceptors (Lipinski definition) is 4. The van der Waals surface area contributed by atoms with Gasteiger partial charge in [0, 0.05) is 5.69 Å². The summed E-state index contributed by atoms with van der Waals surface area (Å²) >= 11 is 0. The fourth-order valence-electron chi connectivity index (χ4n) is 2.21. The molecule has 0 aromatic heterocycles. The first-order chi connectivity index (χ1) is 11.9. The zero-order chi connectivity index (χ0) is 18.4. The van der Waals surface area contributed by atoms with Crippen LogP contribution in [0.1, 0.15) is 29.8 Å². The van der Waals surface area contributed by atoms with E-state index in [0.717, 1.165) is 0 Å². The van der Waals surface area contributed by atoms with Crippen molar-refractivity contribution < 1.29 is 23.5 Å². The number of hydrogen-bond donors (Lipinski definition) is 1. The van der Waals surface area contributed by atoms with Crippen molar-refractivity contribution in [3.05, 3.63) is 59.4 Å². The zero-order valence-corrected chi connectivity index (χ0v) is 14.3. The molecule has 6 heteroatoms. The van der Waals surface area contributed by atoms with Crippen LogP contribution in [0.3, 0.4) is 0 Å². The van der Waals surface area contributed by atoms with Crippen LogP contribution < -0.4 is 10.1 Å². The minimum absolute atomic E-state index is 0.275. The standard InChI is InChI=1S/C19H20FNO4/c1-4-24-19(23)16-6-5-7-17(12(16)2)21-18(22)13(3)25-15-10-8-14(20)9-11-15/h5-11,13H,4H2,1-3H3,(H,21,22)/t13-/m1/s1. The molecule has 0 fully saturated rings. The average Bonchev–Trinajstić information content (AvgIpc) is 2.58. The first-order valence-corrected chi connectivity index (χ1v) is 7.92. The Morgan fingerprint density at radius 3 is 2.48 bits per heavy atom. The summed E-state index contributed by atoms with van der Waals surface area (Å²) in [4.78, 5) is 24.2. The normalized spacial score (nSPS) is 11.5. The fourth-order valence-corrected chi connectivity index (χ4v) is 2.21. The number of rotatable bonds is 6. The summed E-state index contributed by atoms with van der Waals surface area (Å²) in [7, 11) is 0. The van der Waals surface area contributed by atoms with Crippen LogP contribution in [0.2, 0.25) is 0 Å². The Hall–Kier alpha value is -2.89. The van der Waals surface area contributed by atoms with Crippen molar-refractivity contribution in [2.75, 3.05) is 11.9 Å². The van der Waals surface area contributed by atoms with Gasteiger partial charge in [0.05, 0.1) is 12.2 Å². The van der Waals surface area contributed by atoms with Crippen LogP contribution in [-0.4, -0.2) is 24.6 Å². The molecule has 25 heavy (non-hydrogen) atoms. The molecule has 1 amide bonds. The van der Waals surface area contributed by atoms with Crippen molar-refractivity contribution in [2.24, 2.45) is 0 Å². The quantitative estimate of drug-likeness (QED) is 0.811. The van der Waals surface area contributed by atoms with Gasteiger partial charge in [0.15, 0.2) is 6.10 Å². The van der Waals surface area contributed by atoms with E-state index < -0.39 is 12.1 Å². The third-order valence-corrected chi connectivity index (χ3v) is 3.58. The number of esters is 1. The minimum atomic E-state index is -0.795. The van der Waals surface area contributed by atoms with Crippen LogP contribution in [0.5, 0.6) is 5.75 Å². The molecule has 1 N–H and O–H groups in total. The molecular formula is C19H20FNO4. The summed E-state index contributed by atoms with van der Waals surface area (Å²) in [5, 5.41) is 2.73. The Kier molecular flexibility index (Phi) is 6.11. The van der Waals surface area contributed by atoms with Gasteiger partial charge < -0.3 is 14.8 Å². The van der Waals surface area contributed by atoms with Crippen molar-refractivity contribution in [3.8, 4) is 5.75 Å². The summed E-state index contributed by atoms with van der Waals surface area (Å²) in [6, 6.07) is 10.4. The molecule has 0 aliphatic carbocycles. The molecule has 2 rings (SSSR count). The highest BCUT2D eigenvalue weighted by molar-refractivity contribution is 5.98. The molecule has 0 saturated heterocycles. The maximum absolute atomic E-state index is 12.9. The molecule has 0 aliphatic heterocycles. The van der Waals surface area contributed by atoms with Gasteiger partial charge in [-0.2, -0.15) is 0 Å². The monoisotopic (exact) mass is 345 g/mol. The molecule has 2 aromatic carbocycles. The van der Waals surface area contributed by atoms with Crippen molar-refractivity contribution in [1.82, 2.24) is 0 Å². The second-order valence-electron chi connectivity index (χ2n) is 5.40. The zero-order valence-electron chi connectivity index (χ0n) is 14.3. The van der Waals surface area contributed by atoms with Gasteiger partial charge in [-0.1, -0.05) is 6.07 Å². The molecule has 0 spiro atoms. The van der Waals surface area contributed by atoms with Gasteiger partial charge in [-0.05, 0) is 62.7 Å². The maximum Gasteiger partial charge on any atom is 0.338 e. The van der Waals surface area contributed by atoms with E-state index in [1.54, 1.807) is 39.0 Å². The van der Waals surface area contributed by atoms with Gasteiger partial charge in [0.2, 0.25) is 0 Å². The third kappa shape index (κ3) is 4.79. The SMILES string of the molecule is CCOC(=O)c1cccc(NC(=O)[C@@H](C)Oc2ccc(F)cc2)c1C. The highest BCUT2D eigenvalue weighted by atomic mass is 19.1. The van der Waals surface area contributed by atoms with Crippen LogP contribution in [0.15, 0.2) is 42.5 Å². The number of amides is 1. The Balaban J connectivity index is 2.08. The van der Waals surface area contributed by atoms with Gasteiger partial charge in [-0.25, -0.2) is 9.18 Å². The molecule has 0 saturated carbocycles. The summed E-state index contributed by atoms with van der Waals surface area (Å²) in [6.45, 7) is 5.32. The van der Waals surface area contributed by atoms with Gasteiger partial charge in [-0.3, -0.25) is 4.79 Å². The molecule has 0 unspecified atom stereocenters. The molecule has 2 aromatic rings. The van der Waals surface area contributed by atoms with Gasteiger partial charge in [0.1, 0.15) is 11.6 Å². The smallest absolute Gasteiger partial charge is 0.338 e. The number of halogens is 1. The number of anilines is 1. The Labute approximate surface area is 145 Å². The Morgan fingerprint density at radius 1 is 1.16 bits per heavy atom. The lowest BCUT2D eigenvalue weighted by molar-refractivity contribution is -0.122. The lowest BCUT2D eigenvalue weighted by atomic mass is 10.1. The van der Waals surface area contributed by atoms with Crippen molar-refractivity contribution in [3.63, 3.8) is 0 Å². The van der Waals surface area contributed by atoms with Crippen LogP contribution in [0, 0.1) is 12.7 Å². The highest BCUT2D eigenvalue weighted by Crippen LogP contribution is 2.21. The van der Waals surface area contributed by atoms with E-state index in [1.807, 2.05) is 0 Å². The molecular weight excluding hydrogens is 325 g/mol. The van der Waals surface area contributed by atoms with Crippen LogP contribution >= 0.6 is 0 Å². The van der Waals surface area contributed by atoms with E-state index in [9.17, 15) is 14.0 Å². The molecule has 0 aliphatic rings. The van der Waals surface area contributed by atoms with E-state index in [4.69, 9.17) is 9.47 Å². The number of nitrogens with one attached hydrogen (secondary N) is 1. The highest BCUT2D eigenvalue weighted by Gasteiger charge is 2.18. The fraction of sp³-hybridized carbons (Fsp3) is 0.263. The number of carbonyl (C=O) groups is 2. The molecule has 5 nitrogen and oxygen atoms in total. The van der Waals surface area contributed by atoms with Crippen molar-refractivity contribution >= 4 is 17.6 Å². The molecule has 132 valence electrons.